The van der Waals surface area contributed by atoms with Gasteiger partial charge >= 0.3 is 0 Å². The van der Waals surface area contributed by atoms with E-state index in [-0.39, 0.29) is 24.1 Å². The van der Waals surface area contributed by atoms with E-state index in [1.54, 1.807) is 13.0 Å². The summed E-state index contributed by atoms with van der Waals surface area (Å²) in [5.74, 6) is -0.989. The fraction of sp³-hybridized carbons (Fsp3) is 0.538. The van der Waals surface area contributed by atoms with E-state index in [0.29, 0.717) is 5.57 Å². The first kappa shape index (κ1) is 11.3. The minimum Gasteiger partial charge on any atom is -0.392 e. The van der Waals surface area contributed by atoms with Gasteiger partial charge in [0.2, 0.25) is 11.6 Å². The van der Waals surface area contributed by atoms with Crippen molar-refractivity contribution in [1.82, 2.24) is 0 Å². The molecule has 0 spiro atoms. The third-order valence-corrected chi connectivity index (χ3v) is 3.60. The molecule has 2 atom stereocenters. The van der Waals surface area contributed by atoms with Gasteiger partial charge in [-0.05, 0) is 18.4 Å². The van der Waals surface area contributed by atoms with Crippen molar-refractivity contribution >= 4 is 11.6 Å². The van der Waals surface area contributed by atoms with Crippen LogP contribution in [0.1, 0.15) is 20.8 Å². The van der Waals surface area contributed by atoms with Crippen molar-refractivity contribution in [3.8, 4) is 0 Å². The summed E-state index contributed by atoms with van der Waals surface area (Å²) in [5, 5.41) is 9.20. The lowest BCUT2D eigenvalue weighted by Crippen LogP contribution is -2.47. The third kappa shape index (κ3) is 1.24. The maximum absolute atomic E-state index is 12.0. The molecule has 0 aromatic heterocycles. The lowest BCUT2D eigenvalue weighted by molar-refractivity contribution is -0.142. The number of aliphatic hydroxyl groups is 1. The molecule has 0 saturated heterocycles. The molecule has 0 saturated carbocycles. The fourth-order valence-electron chi connectivity index (χ4n) is 2.78. The molecule has 2 bridgehead atoms. The molecule has 16 heavy (non-hydrogen) atoms. The zero-order valence-corrected chi connectivity index (χ0v) is 9.78. The standard InChI is InChI=1S/C13H16O3/c1-7(2)10-4-9-8(6-14)5-13(10,3)12(16)11(9)15/h4-5,7,9,14H,6H2,1-3H3/t9-,13-/m0/s1. The second-order valence-corrected chi connectivity index (χ2v) is 5.03. The van der Waals surface area contributed by atoms with E-state index in [1.807, 2.05) is 19.9 Å². The molecule has 0 aliphatic heterocycles. The van der Waals surface area contributed by atoms with Crippen molar-refractivity contribution in [2.75, 3.05) is 6.61 Å². The van der Waals surface area contributed by atoms with E-state index in [2.05, 4.69) is 0 Å². The van der Waals surface area contributed by atoms with Crippen molar-refractivity contribution in [2.24, 2.45) is 17.3 Å². The minimum absolute atomic E-state index is 0.152. The molecular weight excluding hydrogens is 204 g/mol. The lowest BCUT2D eigenvalue weighted by Gasteiger charge is -2.41. The van der Waals surface area contributed by atoms with Crippen molar-refractivity contribution in [1.29, 1.82) is 0 Å². The summed E-state index contributed by atoms with van der Waals surface area (Å²) >= 11 is 0. The van der Waals surface area contributed by atoms with Crippen molar-refractivity contribution in [2.45, 2.75) is 20.8 Å². The predicted molar refractivity (Wildman–Crippen MR) is 59.7 cm³/mol. The van der Waals surface area contributed by atoms with Crippen LogP contribution in [0.15, 0.2) is 23.3 Å². The van der Waals surface area contributed by atoms with Crippen LogP contribution in [-0.4, -0.2) is 23.3 Å². The number of carbonyl (C=O) groups excluding carboxylic acids is 2. The Bertz CT molecular complexity index is 428. The summed E-state index contributed by atoms with van der Waals surface area (Å²) < 4.78 is 0. The normalized spacial score (nSPS) is 33.2. The van der Waals surface area contributed by atoms with Gasteiger partial charge in [0.25, 0.3) is 0 Å². The summed E-state index contributed by atoms with van der Waals surface area (Å²) in [6, 6.07) is 0. The highest BCUT2D eigenvalue weighted by Gasteiger charge is 2.50. The maximum Gasteiger partial charge on any atom is 0.213 e. The van der Waals surface area contributed by atoms with Gasteiger partial charge in [0.1, 0.15) is 0 Å². The summed E-state index contributed by atoms with van der Waals surface area (Å²) in [7, 11) is 0. The summed E-state index contributed by atoms with van der Waals surface area (Å²) in [6.07, 6.45) is 3.64. The smallest absolute Gasteiger partial charge is 0.213 e. The average Bonchev–Trinajstić information content (AvgIpc) is 2.24. The molecule has 0 heterocycles. The van der Waals surface area contributed by atoms with Gasteiger partial charge in [0, 0.05) is 0 Å². The topological polar surface area (TPSA) is 54.4 Å². The van der Waals surface area contributed by atoms with Crippen LogP contribution in [-0.2, 0) is 9.59 Å². The van der Waals surface area contributed by atoms with Crippen LogP contribution in [0.2, 0.25) is 0 Å². The van der Waals surface area contributed by atoms with Gasteiger partial charge < -0.3 is 5.11 Å². The molecule has 3 nitrogen and oxygen atoms in total. The SMILES string of the molecule is CC(C)C1=C[C@@H]2C(=O)C(=O)[C@@]1(C)C=C2CO. The highest BCUT2D eigenvalue weighted by atomic mass is 16.3. The number of aliphatic hydroxyl groups excluding tert-OH is 1. The number of allylic oxidation sites excluding steroid dienone is 3. The molecule has 0 unspecified atom stereocenters. The Morgan fingerprint density at radius 3 is 2.56 bits per heavy atom. The van der Waals surface area contributed by atoms with E-state index in [4.69, 9.17) is 0 Å². The van der Waals surface area contributed by atoms with Crippen LogP contribution < -0.4 is 0 Å². The molecule has 0 radical (unpaired) electrons. The van der Waals surface area contributed by atoms with E-state index >= 15 is 0 Å². The Morgan fingerprint density at radius 2 is 2.06 bits per heavy atom. The van der Waals surface area contributed by atoms with Crippen LogP contribution in [0, 0.1) is 17.3 Å². The maximum atomic E-state index is 12.0. The Kier molecular flexibility index (Phi) is 2.39. The number of rotatable bonds is 2. The van der Waals surface area contributed by atoms with Gasteiger partial charge in [-0.3, -0.25) is 9.59 Å². The Balaban J connectivity index is 2.59. The van der Waals surface area contributed by atoms with E-state index < -0.39 is 11.3 Å². The van der Waals surface area contributed by atoms with Crippen molar-refractivity contribution in [3.63, 3.8) is 0 Å². The first-order chi connectivity index (χ1) is 7.41. The molecule has 1 N–H and O–H groups in total. The minimum atomic E-state index is -0.821. The molecule has 3 aliphatic carbocycles. The zero-order valence-electron chi connectivity index (χ0n) is 9.78. The summed E-state index contributed by atoms with van der Waals surface area (Å²) in [4.78, 5) is 23.8. The number of hydrogen-bond acceptors (Lipinski definition) is 3. The van der Waals surface area contributed by atoms with Crippen LogP contribution in [0.4, 0.5) is 0 Å². The molecule has 3 rings (SSSR count). The molecular formula is C13H16O3. The predicted octanol–water partition coefficient (Wildman–Crippen LogP) is 1.28. The third-order valence-electron chi connectivity index (χ3n) is 3.60. The van der Waals surface area contributed by atoms with Gasteiger partial charge in [0.15, 0.2) is 0 Å². The van der Waals surface area contributed by atoms with Gasteiger partial charge in [-0.1, -0.05) is 31.6 Å². The van der Waals surface area contributed by atoms with Gasteiger partial charge in [-0.2, -0.15) is 0 Å². The number of hydrogen-bond donors (Lipinski definition) is 1. The first-order valence-corrected chi connectivity index (χ1v) is 5.55. The molecule has 0 amide bonds. The average molecular weight is 220 g/mol. The van der Waals surface area contributed by atoms with Crippen molar-refractivity contribution < 1.29 is 14.7 Å². The molecule has 86 valence electrons. The monoisotopic (exact) mass is 220 g/mol. The Labute approximate surface area is 94.8 Å². The zero-order chi connectivity index (χ0) is 12.1. The Morgan fingerprint density at radius 1 is 1.44 bits per heavy atom. The number of carbonyl (C=O) groups is 2. The molecule has 3 heteroatoms. The number of fused-ring (bicyclic) bond motifs is 1. The molecule has 0 aromatic carbocycles. The van der Waals surface area contributed by atoms with Gasteiger partial charge in [-0.25, -0.2) is 0 Å². The van der Waals surface area contributed by atoms with Crippen LogP contribution in [0.25, 0.3) is 0 Å². The Hall–Kier alpha value is -1.22. The molecule has 0 aromatic rings. The lowest BCUT2D eigenvalue weighted by atomic mass is 9.60. The van der Waals surface area contributed by atoms with Crippen LogP contribution in [0.3, 0.4) is 0 Å². The number of Topliss-reactive ketones (excluding diaryl/α,β-unsaturated/α-hetero) is 2. The highest BCUT2D eigenvalue weighted by molar-refractivity contribution is 6.43. The van der Waals surface area contributed by atoms with Crippen LogP contribution in [0.5, 0.6) is 0 Å². The molecule has 3 aliphatic rings. The van der Waals surface area contributed by atoms with Gasteiger partial charge in [-0.15, -0.1) is 0 Å². The quantitative estimate of drug-likeness (QED) is 0.563. The van der Waals surface area contributed by atoms with E-state index in [1.165, 1.54) is 0 Å². The summed E-state index contributed by atoms with van der Waals surface area (Å²) in [6.45, 7) is 5.65. The van der Waals surface area contributed by atoms with Crippen LogP contribution >= 0.6 is 0 Å². The van der Waals surface area contributed by atoms with Crippen molar-refractivity contribution in [3.05, 3.63) is 23.3 Å². The largest absolute Gasteiger partial charge is 0.392 e. The van der Waals surface area contributed by atoms with E-state index in [0.717, 1.165) is 5.57 Å². The second-order valence-electron chi connectivity index (χ2n) is 5.03. The van der Waals surface area contributed by atoms with E-state index in [9.17, 15) is 14.7 Å². The summed E-state index contributed by atoms with van der Waals surface area (Å²) in [5.41, 5.74) is 0.841. The molecule has 0 fully saturated rings. The second kappa shape index (κ2) is 3.39. The number of ketones is 2. The first-order valence-electron chi connectivity index (χ1n) is 5.55. The fourth-order valence-corrected chi connectivity index (χ4v) is 2.78. The van der Waals surface area contributed by atoms with Gasteiger partial charge in [0.05, 0.1) is 17.9 Å². The highest BCUT2D eigenvalue weighted by Crippen LogP contribution is 2.47.